The lowest BCUT2D eigenvalue weighted by Crippen LogP contribution is -2.03. The molecule has 1 aromatic carbocycles. The second-order valence-electron chi connectivity index (χ2n) is 3.96. The minimum absolute atomic E-state index is 0.0535. The van der Waals surface area contributed by atoms with Crippen molar-refractivity contribution in [2.45, 2.75) is 13.8 Å². The molecule has 2 rings (SSSR count). The molecule has 1 heterocycles. The van der Waals surface area contributed by atoms with Gasteiger partial charge in [0.2, 0.25) is 0 Å². The number of hydrogen-bond acceptors (Lipinski definition) is 3. The number of benzene rings is 1. The van der Waals surface area contributed by atoms with Crippen LogP contribution < -0.4 is 5.32 Å². The Morgan fingerprint density at radius 3 is 2.37 bits per heavy atom. The fraction of sp³-hybridized carbons (Fsp3) is 0.167. The monoisotopic (exact) mass is 303 g/mol. The average Bonchev–Trinajstić information content (AvgIpc) is 2.33. The van der Waals surface area contributed by atoms with E-state index in [9.17, 15) is 8.78 Å². The van der Waals surface area contributed by atoms with E-state index in [-0.39, 0.29) is 15.9 Å². The van der Waals surface area contributed by atoms with Gasteiger partial charge in [0.15, 0.2) is 16.8 Å². The zero-order chi connectivity index (χ0) is 14.2. The molecule has 0 unspecified atom stereocenters. The Morgan fingerprint density at radius 1 is 1.05 bits per heavy atom. The van der Waals surface area contributed by atoms with Crippen LogP contribution in [-0.2, 0) is 0 Å². The Hall–Kier alpha value is -1.46. The summed E-state index contributed by atoms with van der Waals surface area (Å²) in [5.74, 6) is -1.24. The van der Waals surface area contributed by atoms with Gasteiger partial charge in [0.1, 0.15) is 5.82 Å². The molecule has 19 heavy (non-hydrogen) atoms. The molecule has 0 saturated heterocycles. The summed E-state index contributed by atoms with van der Waals surface area (Å²) in [6, 6.07) is 1.75. The Morgan fingerprint density at radius 2 is 1.74 bits per heavy atom. The summed E-state index contributed by atoms with van der Waals surface area (Å²) in [6.07, 6.45) is 0. The second kappa shape index (κ2) is 5.27. The van der Waals surface area contributed by atoms with Crippen LogP contribution >= 0.6 is 23.2 Å². The highest BCUT2D eigenvalue weighted by Gasteiger charge is 2.14. The van der Waals surface area contributed by atoms with Gasteiger partial charge in [0.05, 0.1) is 10.7 Å². The minimum Gasteiger partial charge on any atom is -0.335 e. The van der Waals surface area contributed by atoms with Crippen LogP contribution in [0.4, 0.5) is 20.3 Å². The third-order valence-electron chi connectivity index (χ3n) is 2.72. The van der Waals surface area contributed by atoms with Crippen molar-refractivity contribution in [3.05, 3.63) is 45.1 Å². The number of anilines is 2. The van der Waals surface area contributed by atoms with E-state index in [0.717, 1.165) is 17.7 Å². The molecule has 0 saturated carbocycles. The predicted octanol–water partition coefficient (Wildman–Crippen LogP) is 4.42. The molecule has 0 fully saturated rings. The highest BCUT2D eigenvalue weighted by molar-refractivity contribution is 6.33. The van der Waals surface area contributed by atoms with E-state index in [4.69, 9.17) is 23.2 Å². The number of aromatic nitrogens is 2. The van der Waals surface area contributed by atoms with E-state index >= 15 is 0 Å². The maximum Gasteiger partial charge on any atom is 0.156 e. The van der Waals surface area contributed by atoms with Crippen molar-refractivity contribution in [3.8, 4) is 0 Å². The van der Waals surface area contributed by atoms with Crippen molar-refractivity contribution >= 4 is 34.7 Å². The molecule has 1 aromatic heterocycles. The molecule has 2 aromatic rings. The average molecular weight is 304 g/mol. The van der Waals surface area contributed by atoms with Gasteiger partial charge in [-0.15, -0.1) is 10.2 Å². The van der Waals surface area contributed by atoms with Crippen molar-refractivity contribution in [2.24, 2.45) is 0 Å². The van der Waals surface area contributed by atoms with Gasteiger partial charge < -0.3 is 5.32 Å². The second-order valence-corrected chi connectivity index (χ2v) is 4.72. The van der Waals surface area contributed by atoms with Gasteiger partial charge >= 0.3 is 0 Å². The number of halogens is 4. The lowest BCUT2D eigenvalue weighted by molar-refractivity contribution is 0.586. The zero-order valence-electron chi connectivity index (χ0n) is 10.1. The van der Waals surface area contributed by atoms with Crippen LogP contribution in [0.1, 0.15) is 11.1 Å². The van der Waals surface area contributed by atoms with Crippen LogP contribution in [0.15, 0.2) is 12.1 Å². The Bertz CT molecular complexity index is 624. The number of nitrogens with zero attached hydrogens (tertiary/aromatic N) is 2. The van der Waals surface area contributed by atoms with E-state index in [1.807, 2.05) is 0 Å². The third-order valence-corrected chi connectivity index (χ3v) is 3.37. The summed E-state index contributed by atoms with van der Waals surface area (Å²) >= 11 is 11.6. The minimum atomic E-state index is -0.807. The maximum absolute atomic E-state index is 13.6. The smallest absolute Gasteiger partial charge is 0.156 e. The first-order valence-electron chi connectivity index (χ1n) is 5.31. The van der Waals surface area contributed by atoms with Gasteiger partial charge in [-0.05, 0) is 31.0 Å². The van der Waals surface area contributed by atoms with Gasteiger partial charge in [-0.2, -0.15) is 0 Å². The van der Waals surface area contributed by atoms with Crippen LogP contribution in [-0.4, -0.2) is 10.2 Å². The largest absolute Gasteiger partial charge is 0.335 e. The molecule has 100 valence electrons. The molecule has 0 atom stereocenters. The Labute approximate surface area is 118 Å². The molecule has 0 radical (unpaired) electrons. The highest BCUT2D eigenvalue weighted by atomic mass is 35.5. The van der Waals surface area contributed by atoms with Crippen molar-refractivity contribution < 1.29 is 8.78 Å². The predicted molar refractivity (Wildman–Crippen MR) is 71.2 cm³/mol. The molecule has 0 amide bonds. The summed E-state index contributed by atoms with van der Waals surface area (Å²) in [6.45, 7) is 3.52. The lowest BCUT2D eigenvalue weighted by Gasteiger charge is -2.12. The third kappa shape index (κ3) is 2.77. The van der Waals surface area contributed by atoms with Crippen LogP contribution in [0.2, 0.25) is 10.2 Å². The molecule has 7 heteroatoms. The molecular formula is C12H9Cl2F2N3. The molecule has 0 aliphatic rings. The summed E-state index contributed by atoms with van der Waals surface area (Å²) in [4.78, 5) is 0. The first-order valence-corrected chi connectivity index (χ1v) is 6.06. The maximum atomic E-state index is 13.6. The van der Waals surface area contributed by atoms with Gasteiger partial charge in [-0.25, -0.2) is 8.78 Å². The van der Waals surface area contributed by atoms with Crippen molar-refractivity contribution in [1.82, 2.24) is 10.2 Å². The molecule has 0 spiro atoms. The van der Waals surface area contributed by atoms with E-state index in [2.05, 4.69) is 15.5 Å². The quantitative estimate of drug-likeness (QED) is 0.892. The molecular weight excluding hydrogens is 295 g/mol. The van der Waals surface area contributed by atoms with Crippen LogP contribution in [0, 0.1) is 25.5 Å². The van der Waals surface area contributed by atoms with Gasteiger partial charge in [0.25, 0.3) is 0 Å². The zero-order valence-corrected chi connectivity index (χ0v) is 11.6. The summed E-state index contributed by atoms with van der Waals surface area (Å²) in [5.41, 5.74) is 1.37. The van der Waals surface area contributed by atoms with Crippen LogP contribution in [0.3, 0.4) is 0 Å². The van der Waals surface area contributed by atoms with Crippen molar-refractivity contribution in [3.63, 3.8) is 0 Å². The van der Waals surface area contributed by atoms with E-state index in [1.54, 1.807) is 13.8 Å². The molecule has 0 aliphatic heterocycles. The summed E-state index contributed by atoms with van der Waals surface area (Å²) < 4.78 is 26.6. The normalized spacial score (nSPS) is 10.6. The molecule has 0 bridgehead atoms. The number of rotatable bonds is 2. The molecule has 1 N–H and O–H groups in total. The lowest BCUT2D eigenvalue weighted by atomic mass is 10.2. The van der Waals surface area contributed by atoms with Crippen LogP contribution in [0.5, 0.6) is 0 Å². The summed E-state index contributed by atoms with van der Waals surface area (Å²) in [7, 11) is 0. The van der Waals surface area contributed by atoms with Crippen molar-refractivity contribution in [2.75, 3.05) is 5.32 Å². The molecule has 0 aliphatic carbocycles. The van der Waals surface area contributed by atoms with Crippen LogP contribution in [0.25, 0.3) is 0 Å². The number of hydrogen-bond donors (Lipinski definition) is 1. The van der Waals surface area contributed by atoms with Gasteiger partial charge in [-0.3, -0.25) is 0 Å². The fourth-order valence-electron chi connectivity index (χ4n) is 1.47. The summed E-state index contributed by atoms with van der Waals surface area (Å²) in [5, 5.41) is 10.4. The highest BCUT2D eigenvalue weighted by Crippen LogP contribution is 2.31. The van der Waals surface area contributed by atoms with E-state index in [0.29, 0.717) is 11.4 Å². The first kappa shape index (κ1) is 14.0. The standard InChI is InChI=1S/C12H9Cl2F2N3/c1-5-6(2)12(19-18-11(5)14)17-10-8(13)3-7(15)4-9(10)16/h3-4H,1-2H3,(H,17,19). The SMILES string of the molecule is Cc1c(Cl)nnc(Nc2c(F)cc(F)cc2Cl)c1C. The van der Waals surface area contributed by atoms with Gasteiger partial charge in [0, 0.05) is 6.07 Å². The first-order chi connectivity index (χ1) is 8.90. The topological polar surface area (TPSA) is 37.8 Å². The van der Waals surface area contributed by atoms with Crippen molar-refractivity contribution in [1.29, 1.82) is 0 Å². The van der Waals surface area contributed by atoms with E-state index < -0.39 is 11.6 Å². The Balaban J connectivity index is 2.45. The Kier molecular flexibility index (Phi) is 3.87. The van der Waals surface area contributed by atoms with E-state index in [1.165, 1.54) is 0 Å². The molecule has 3 nitrogen and oxygen atoms in total. The fourth-order valence-corrected chi connectivity index (χ4v) is 1.90. The number of nitrogens with one attached hydrogen (secondary N) is 1. The van der Waals surface area contributed by atoms with Gasteiger partial charge in [-0.1, -0.05) is 23.2 Å².